The molecule has 0 fully saturated rings. The van der Waals surface area contributed by atoms with Crippen molar-refractivity contribution in [1.29, 1.82) is 0 Å². The molecule has 0 saturated heterocycles. The lowest BCUT2D eigenvalue weighted by atomic mass is 10.4. The number of rotatable bonds is 3. The first-order valence-corrected chi connectivity index (χ1v) is 4.12. The minimum atomic E-state index is -0.107. The van der Waals surface area contributed by atoms with Crippen LogP contribution in [0.1, 0.15) is 27.2 Å². The maximum atomic E-state index is 10.5. The van der Waals surface area contributed by atoms with Crippen molar-refractivity contribution in [3.8, 4) is 0 Å². The highest BCUT2D eigenvalue weighted by molar-refractivity contribution is 5.77. The minimum Gasteiger partial charge on any atom is -0.359 e. The number of carbonyl (C=O) groups excluding carboxylic acids is 2. The first-order valence-electron chi connectivity index (χ1n) is 4.12. The molecule has 0 rings (SSSR count). The van der Waals surface area contributed by atoms with Crippen LogP contribution in [0.2, 0.25) is 0 Å². The van der Waals surface area contributed by atoms with Crippen molar-refractivity contribution in [3.63, 3.8) is 0 Å². The third kappa shape index (κ3) is 11.7. The van der Waals surface area contributed by atoms with Crippen LogP contribution in [0.15, 0.2) is 0 Å². The molecular weight excluding hydrogens is 156 g/mol. The lowest BCUT2D eigenvalue weighted by Gasteiger charge is -1.99. The molecular formula is C8H18N2O2. The van der Waals surface area contributed by atoms with Crippen LogP contribution in [0.25, 0.3) is 0 Å². The van der Waals surface area contributed by atoms with E-state index in [4.69, 9.17) is 0 Å². The van der Waals surface area contributed by atoms with Gasteiger partial charge in [0.05, 0.1) is 0 Å². The molecule has 0 bridgehead atoms. The molecule has 0 saturated carbocycles. The average Bonchev–Trinajstić information content (AvgIpc) is 2.07. The Morgan fingerprint density at radius 2 is 1.75 bits per heavy atom. The summed E-state index contributed by atoms with van der Waals surface area (Å²) in [6.45, 7) is 5.83. The second-order valence-corrected chi connectivity index (χ2v) is 1.91. The maximum absolute atomic E-state index is 10.5. The standard InChI is InChI=1S/C6H12N2O2.C2H6/c1-5(9)8-4-3-6(10)7-2;1-2/h3-4H2,1-2H3,(H,7,10)(H,8,9);1-2H3. The van der Waals surface area contributed by atoms with Gasteiger partial charge in [-0.25, -0.2) is 0 Å². The molecule has 2 N–H and O–H groups in total. The Bertz CT molecular complexity index is 135. The van der Waals surface area contributed by atoms with Crippen LogP contribution in [0.5, 0.6) is 0 Å². The number of hydrogen-bond acceptors (Lipinski definition) is 2. The third-order valence-corrected chi connectivity index (χ3v) is 1.00. The first kappa shape index (κ1) is 13.5. The van der Waals surface area contributed by atoms with Gasteiger partial charge >= 0.3 is 0 Å². The summed E-state index contributed by atoms with van der Waals surface area (Å²) >= 11 is 0. The van der Waals surface area contributed by atoms with E-state index in [2.05, 4.69) is 10.6 Å². The normalized spacial score (nSPS) is 7.67. The molecule has 12 heavy (non-hydrogen) atoms. The van der Waals surface area contributed by atoms with Gasteiger partial charge in [-0.05, 0) is 0 Å². The van der Waals surface area contributed by atoms with E-state index in [0.717, 1.165) is 0 Å². The van der Waals surface area contributed by atoms with Crippen LogP contribution in [0, 0.1) is 0 Å². The van der Waals surface area contributed by atoms with Gasteiger partial charge in [0.15, 0.2) is 0 Å². The van der Waals surface area contributed by atoms with E-state index < -0.39 is 0 Å². The fourth-order valence-corrected chi connectivity index (χ4v) is 0.477. The topological polar surface area (TPSA) is 58.2 Å². The van der Waals surface area contributed by atoms with Crippen LogP contribution in [-0.4, -0.2) is 25.4 Å². The van der Waals surface area contributed by atoms with Gasteiger partial charge in [-0.15, -0.1) is 0 Å². The third-order valence-electron chi connectivity index (χ3n) is 1.00. The molecule has 0 heterocycles. The lowest BCUT2D eigenvalue weighted by molar-refractivity contribution is -0.121. The van der Waals surface area contributed by atoms with Crippen molar-refractivity contribution >= 4 is 11.8 Å². The molecule has 0 unspecified atom stereocenters. The molecule has 2 amide bonds. The van der Waals surface area contributed by atoms with Crippen molar-refractivity contribution in [3.05, 3.63) is 0 Å². The van der Waals surface area contributed by atoms with Crippen LogP contribution >= 0.6 is 0 Å². The van der Waals surface area contributed by atoms with Gasteiger partial charge in [-0.1, -0.05) is 13.8 Å². The fourth-order valence-electron chi connectivity index (χ4n) is 0.477. The molecule has 0 spiro atoms. The Hall–Kier alpha value is -1.06. The van der Waals surface area contributed by atoms with Gasteiger partial charge in [0.25, 0.3) is 0 Å². The largest absolute Gasteiger partial charge is 0.359 e. The van der Waals surface area contributed by atoms with Crippen molar-refractivity contribution in [2.24, 2.45) is 0 Å². The zero-order chi connectivity index (χ0) is 9.98. The zero-order valence-corrected chi connectivity index (χ0v) is 8.23. The van der Waals surface area contributed by atoms with Crippen LogP contribution in [0.4, 0.5) is 0 Å². The van der Waals surface area contributed by atoms with Crippen molar-refractivity contribution < 1.29 is 9.59 Å². The summed E-state index contributed by atoms with van der Waals surface area (Å²) in [6.07, 6.45) is 0.343. The summed E-state index contributed by atoms with van der Waals surface area (Å²) in [5.41, 5.74) is 0. The van der Waals surface area contributed by atoms with Gasteiger partial charge in [-0.2, -0.15) is 0 Å². The summed E-state index contributed by atoms with van der Waals surface area (Å²) < 4.78 is 0. The van der Waals surface area contributed by atoms with Crippen LogP contribution < -0.4 is 10.6 Å². The highest BCUT2D eigenvalue weighted by Gasteiger charge is 1.96. The number of amides is 2. The van der Waals surface area contributed by atoms with E-state index in [1.54, 1.807) is 7.05 Å². The fraction of sp³-hybridized carbons (Fsp3) is 0.750. The highest BCUT2D eigenvalue weighted by Crippen LogP contribution is 1.74. The number of hydrogen-bond donors (Lipinski definition) is 2. The van der Waals surface area contributed by atoms with Gasteiger partial charge in [0, 0.05) is 26.9 Å². The lowest BCUT2D eigenvalue weighted by Crippen LogP contribution is -2.27. The molecule has 4 heteroatoms. The van der Waals surface area contributed by atoms with Gasteiger partial charge < -0.3 is 10.6 Å². The smallest absolute Gasteiger partial charge is 0.221 e. The van der Waals surface area contributed by atoms with Crippen molar-refractivity contribution in [2.75, 3.05) is 13.6 Å². The number of carbonyl (C=O) groups is 2. The Kier molecular flexibility index (Phi) is 11.2. The molecule has 0 atom stereocenters. The van der Waals surface area contributed by atoms with E-state index in [9.17, 15) is 9.59 Å². The van der Waals surface area contributed by atoms with E-state index in [-0.39, 0.29) is 11.8 Å². The second kappa shape index (κ2) is 9.94. The summed E-state index contributed by atoms with van der Waals surface area (Å²) in [5.74, 6) is -0.169. The van der Waals surface area contributed by atoms with Crippen LogP contribution in [-0.2, 0) is 9.59 Å². The van der Waals surface area contributed by atoms with E-state index in [1.165, 1.54) is 6.92 Å². The maximum Gasteiger partial charge on any atom is 0.221 e. The SMILES string of the molecule is CC.CNC(=O)CCNC(C)=O. The van der Waals surface area contributed by atoms with E-state index in [0.29, 0.717) is 13.0 Å². The summed E-state index contributed by atoms with van der Waals surface area (Å²) in [6, 6.07) is 0. The van der Waals surface area contributed by atoms with Crippen LogP contribution in [0.3, 0.4) is 0 Å². The molecule has 0 aromatic rings. The minimum absolute atomic E-state index is 0.0613. The van der Waals surface area contributed by atoms with E-state index >= 15 is 0 Å². The summed E-state index contributed by atoms with van der Waals surface area (Å²) in [4.78, 5) is 20.8. The molecule has 4 nitrogen and oxygen atoms in total. The van der Waals surface area contributed by atoms with Crippen molar-refractivity contribution in [1.82, 2.24) is 10.6 Å². The molecule has 0 aromatic heterocycles. The molecule has 0 aromatic carbocycles. The second-order valence-electron chi connectivity index (χ2n) is 1.91. The molecule has 0 aliphatic carbocycles. The van der Waals surface area contributed by atoms with Gasteiger partial charge in [-0.3, -0.25) is 9.59 Å². The predicted octanol–water partition coefficient (Wildman–Crippen LogP) is 0.285. The monoisotopic (exact) mass is 174 g/mol. The Morgan fingerprint density at radius 3 is 2.08 bits per heavy atom. The quantitative estimate of drug-likeness (QED) is 0.646. The molecule has 72 valence electrons. The Balaban J connectivity index is 0. The summed E-state index contributed by atoms with van der Waals surface area (Å²) in [7, 11) is 1.57. The van der Waals surface area contributed by atoms with Gasteiger partial charge in [0.2, 0.25) is 11.8 Å². The summed E-state index contributed by atoms with van der Waals surface area (Å²) in [5, 5.41) is 4.96. The highest BCUT2D eigenvalue weighted by atomic mass is 16.2. The average molecular weight is 174 g/mol. The number of nitrogens with one attached hydrogen (secondary N) is 2. The van der Waals surface area contributed by atoms with Crippen molar-refractivity contribution in [2.45, 2.75) is 27.2 Å². The molecule has 0 aliphatic rings. The predicted molar refractivity (Wildman–Crippen MR) is 48.7 cm³/mol. The van der Waals surface area contributed by atoms with Gasteiger partial charge in [0.1, 0.15) is 0 Å². The first-order chi connectivity index (χ1) is 5.66. The Labute approximate surface area is 73.7 Å². The zero-order valence-electron chi connectivity index (χ0n) is 8.23. The Morgan fingerprint density at radius 1 is 1.25 bits per heavy atom. The molecule has 0 radical (unpaired) electrons. The molecule has 0 aliphatic heterocycles. The van der Waals surface area contributed by atoms with E-state index in [1.807, 2.05) is 13.8 Å².